The van der Waals surface area contributed by atoms with Gasteiger partial charge >= 0.3 is 0 Å². The minimum atomic E-state index is -0.415. The minimum absolute atomic E-state index is 0.109. The molecule has 1 fully saturated rings. The minimum Gasteiger partial charge on any atom is -0.492 e. The molecule has 0 unspecified atom stereocenters. The Morgan fingerprint density at radius 3 is 2.68 bits per heavy atom. The van der Waals surface area contributed by atoms with Gasteiger partial charge in [0.25, 0.3) is 5.56 Å². The van der Waals surface area contributed by atoms with Gasteiger partial charge < -0.3 is 14.7 Å². The Labute approximate surface area is 155 Å². The lowest BCUT2D eigenvalue weighted by molar-refractivity contribution is 0.195. The van der Waals surface area contributed by atoms with Crippen molar-refractivity contribution in [2.45, 2.75) is 32.0 Å². The largest absolute Gasteiger partial charge is 0.492 e. The summed E-state index contributed by atoms with van der Waals surface area (Å²) in [5.41, 5.74) is 0.193. The van der Waals surface area contributed by atoms with E-state index in [1.807, 2.05) is 11.8 Å². The van der Waals surface area contributed by atoms with E-state index in [0.717, 1.165) is 0 Å². The van der Waals surface area contributed by atoms with Crippen LogP contribution in [-0.4, -0.2) is 40.2 Å². The lowest BCUT2D eigenvalue weighted by atomic mass is 10.2. The zero-order valence-corrected chi connectivity index (χ0v) is 15.2. The van der Waals surface area contributed by atoms with Crippen molar-refractivity contribution in [3.8, 4) is 5.75 Å². The first-order chi connectivity index (χ1) is 12.0. The summed E-state index contributed by atoms with van der Waals surface area (Å²) in [7, 11) is 0. The number of hydrogen-bond acceptors (Lipinski definition) is 5. The summed E-state index contributed by atoms with van der Waals surface area (Å²) in [4.78, 5) is 14.3. The molecule has 1 N–H and O–H groups in total. The van der Waals surface area contributed by atoms with Gasteiger partial charge in [-0.05, 0) is 37.6 Å². The van der Waals surface area contributed by atoms with Crippen molar-refractivity contribution in [2.24, 2.45) is 0 Å². The number of hydrogen-bond donors (Lipinski definition) is 1. The molecule has 8 heteroatoms. The average molecular weight is 384 g/mol. The molecule has 0 amide bonds. The van der Waals surface area contributed by atoms with Crippen LogP contribution in [0.25, 0.3) is 0 Å². The van der Waals surface area contributed by atoms with Gasteiger partial charge in [-0.25, -0.2) is 4.68 Å². The molecule has 1 aromatic carbocycles. The third-order valence-corrected chi connectivity index (χ3v) is 4.82. The standard InChI is InChI=1S/C17H19Cl2N3O3/c1-11-8-13(23)10-21(11)15-9-20-22(17(24)16(15)19)6-7-25-14-4-2-12(18)3-5-14/h2-5,9,11,13,23H,6-8,10H2,1H3/t11-,13-/m1/s1. The highest BCUT2D eigenvalue weighted by atomic mass is 35.5. The second-order valence-corrected chi connectivity index (χ2v) is 6.88. The van der Waals surface area contributed by atoms with Gasteiger partial charge in [-0.3, -0.25) is 4.79 Å². The van der Waals surface area contributed by atoms with Crippen LogP contribution in [0.4, 0.5) is 5.69 Å². The summed E-state index contributed by atoms with van der Waals surface area (Å²) < 4.78 is 6.85. The fourth-order valence-corrected chi connectivity index (χ4v) is 3.32. The summed E-state index contributed by atoms with van der Waals surface area (Å²) in [6.07, 6.45) is 1.80. The molecule has 134 valence electrons. The molecule has 25 heavy (non-hydrogen) atoms. The number of β-amino-alcohol motifs (C(OH)–C–C–N with tert-alkyl or cyclic N) is 1. The van der Waals surface area contributed by atoms with Gasteiger partial charge in [-0.2, -0.15) is 5.10 Å². The Morgan fingerprint density at radius 1 is 1.32 bits per heavy atom. The number of aliphatic hydroxyl groups excluding tert-OH is 1. The number of aromatic nitrogens is 2. The zero-order chi connectivity index (χ0) is 18.0. The van der Waals surface area contributed by atoms with Crippen LogP contribution in [0, 0.1) is 0 Å². The molecule has 1 aliphatic heterocycles. The molecule has 2 atom stereocenters. The van der Waals surface area contributed by atoms with Crippen molar-refractivity contribution >= 4 is 28.9 Å². The van der Waals surface area contributed by atoms with E-state index in [-0.39, 0.29) is 29.8 Å². The lowest BCUT2D eigenvalue weighted by Gasteiger charge is -2.24. The first-order valence-corrected chi connectivity index (χ1v) is 8.80. The smallest absolute Gasteiger partial charge is 0.287 e. The lowest BCUT2D eigenvalue weighted by Crippen LogP contribution is -2.32. The van der Waals surface area contributed by atoms with Crippen LogP contribution >= 0.6 is 23.2 Å². The normalized spacial score (nSPS) is 20.1. The molecule has 3 rings (SSSR count). The molecule has 0 spiro atoms. The Hall–Kier alpha value is -1.76. The Kier molecular flexibility index (Phi) is 5.51. The number of ether oxygens (including phenoxy) is 1. The molecular formula is C17H19Cl2N3O3. The highest BCUT2D eigenvalue weighted by Crippen LogP contribution is 2.29. The number of nitrogens with zero attached hydrogens (tertiary/aromatic N) is 3. The van der Waals surface area contributed by atoms with Gasteiger partial charge in [-0.15, -0.1) is 0 Å². The third kappa shape index (κ3) is 4.08. The third-order valence-electron chi connectivity index (χ3n) is 4.21. The van der Waals surface area contributed by atoms with E-state index in [4.69, 9.17) is 27.9 Å². The van der Waals surface area contributed by atoms with Gasteiger partial charge in [0.15, 0.2) is 0 Å². The van der Waals surface area contributed by atoms with E-state index >= 15 is 0 Å². The van der Waals surface area contributed by atoms with Crippen LogP contribution < -0.4 is 15.2 Å². The molecule has 2 aromatic rings. The number of anilines is 1. The first-order valence-electron chi connectivity index (χ1n) is 8.04. The second kappa shape index (κ2) is 7.64. The van der Waals surface area contributed by atoms with E-state index in [2.05, 4.69) is 5.10 Å². The molecule has 2 heterocycles. The summed E-state index contributed by atoms with van der Waals surface area (Å²) in [6.45, 7) is 2.99. The fourth-order valence-electron chi connectivity index (χ4n) is 2.93. The number of rotatable bonds is 5. The first kappa shape index (κ1) is 18.0. The highest BCUT2D eigenvalue weighted by Gasteiger charge is 2.30. The Bertz CT molecular complexity index is 795. The average Bonchev–Trinajstić information content (AvgIpc) is 2.92. The van der Waals surface area contributed by atoms with E-state index in [1.54, 1.807) is 30.5 Å². The van der Waals surface area contributed by atoms with Crippen molar-refractivity contribution < 1.29 is 9.84 Å². The molecule has 1 aliphatic rings. The van der Waals surface area contributed by atoms with Gasteiger partial charge in [-0.1, -0.05) is 23.2 Å². The number of benzene rings is 1. The van der Waals surface area contributed by atoms with E-state index in [0.29, 0.717) is 29.4 Å². The monoisotopic (exact) mass is 383 g/mol. The van der Waals surface area contributed by atoms with Crippen molar-refractivity contribution in [1.29, 1.82) is 0 Å². The molecule has 1 aromatic heterocycles. The Morgan fingerprint density at radius 2 is 2.04 bits per heavy atom. The van der Waals surface area contributed by atoms with Crippen LogP contribution in [0.1, 0.15) is 13.3 Å². The van der Waals surface area contributed by atoms with Crippen molar-refractivity contribution in [3.05, 3.63) is 50.9 Å². The van der Waals surface area contributed by atoms with Crippen molar-refractivity contribution in [1.82, 2.24) is 9.78 Å². The van der Waals surface area contributed by atoms with Crippen molar-refractivity contribution in [2.75, 3.05) is 18.1 Å². The van der Waals surface area contributed by atoms with E-state index < -0.39 is 6.10 Å². The summed E-state index contributed by atoms with van der Waals surface area (Å²) in [5.74, 6) is 0.667. The Balaban J connectivity index is 1.68. The predicted molar refractivity (Wildman–Crippen MR) is 97.9 cm³/mol. The maximum Gasteiger partial charge on any atom is 0.287 e. The molecule has 0 saturated carbocycles. The summed E-state index contributed by atoms with van der Waals surface area (Å²) >= 11 is 12.1. The quantitative estimate of drug-likeness (QED) is 0.859. The maximum atomic E-state index is 12.4. The number of halogens is 2. The van der Waals surface area contributed by atoms with Crippen LogP contribution in [0.5, 0.6) is 5.75 Å². The van der Waals surface area contributed by atoms with Crippen LogP contribution in [-0.2, 0) is 6.54 Å². The SMILES string of the molecule is C[C@@H]1C[C@@H](O)CN1c1cnn(CCOc2ccc(Cl)cc2)c(=O)c1Cl. The summed E-state index contributed by atoms with van der Waals surface area (Å²) in [6, 6.07) is 7.10. The maximum absolute atomic E-state index is 12.4. The molecule has 6 nitrogen and oxygen atoms in total. The highest BCUT2D eigenvalue weighted by molar-refractivity contribution is 6.33. The topological polar surface area (TPSA) is 67.6 Å². The van der Waals surface area contributed by atoms with Gasteiger partial charge in [0.2, 0.25) is 0 Å². The molecule has 0 aliphatic carbocycles. The predicted octanol–water partition coefficient (Wildman–Crippen LogP) is 2.59. The van der Waals surface area contributed by atoms with Gasteiger partial charge in [0.05, 0.1) is 24.5 Å². The molecule has 1 saturated heterocycles. The molecule has 0 bridgehead atoms. The van der Waals surface area contributed by atoms with Gasteiger partial charge in [0.1, 0.15) is 17.4 Å². The molecule has 0 radical (unpaired) electrons. The molecular weight excluding hydrogens is 365 g/mol. The van der Waals surface area contributed by atoms with Gasteiger partial charge in [0, 0.05) is 17.6 Å². The second-order valence-electron chi connectivity index (χ2n) is 6.07. The van der Waals surface area contributed by atoms with Crippen LogP contribution in [0.15, 0.2) is 35.3 Å². The van der Waals surface area contributed by atoms with Crippen molar-refractivity contribution in [3.63, 3.8) is 0 Å². The van der Waals surface area contributed by atoms with Crippen LogP contribution in [0.2, 0.25) is 10.0 Å². The fraction of sp³-hybridized carbons (Fsp3) is 0.412. The zero-order valence-electron chi connectivity index (χ0n) is 13.7. The number of aliphatic hydroxyl groups is 1. The summed E-state index contributed by atoms with van der Waals surface area (Å²) in [5, 5.41) is 14.7. The van der Waals surface area contributed by atoms with Crippen LogP contribution in [0.3, 0.4) is 0 Å². The van der Waals surface area contributed by atoms with E-state index in [9.17, 15) is 9.90 Å². The van der Waals surface area contributed by atoms with E-state index in [1.165, 1.54) is 4.68 Å².